The minimum atomic E-state index is -0.709. The summed E-state index contributed by atoms with van der Waals surface area (Å²) in [6.07, 6.45) is 9.30. The minimum absolute atomic E-state index is 0.173. The molecule has 1 amide bonds. The van der Waals surface area contributed by atoms with Crippen molar-refractivity contribution in [2.45, 2.75) is 77.0 Å². The van der Waals surface area contributed by atoms with Crippen LogP contribution in [0.5, 0.6) is 5.88 Å². The number of carbonyl (C=O) groups is 2. The molecule has 1 aromatic carbocycles. The highest BCUT2D eigenvalue weighted by Gasteiger charge is 2.30. The molecule has 1 fully saturated rings. The summed E-state index contributed by atoms with van der Waals surface area (Å²) in [6.45, 7) is 2.91. The van der Waals surface area contributed by atoms with E-state index < -0.39 is 5.97 Å². The molecule has 8 heteroatoms. The maximum absolute atomic E-state index is 13.4. The Morgan fingerprint density at radius 3 is 2.54 bits per heavy atom. The van der Waals surface area contributed by atoms with Crippen LogP contribution in [-0.2, 0) is 11.2 Å². The van der Waals surface area contributed by atoms with Gasteiger partial charge in [0, 0.05) is 18.5 Å². The normalized spacial score (nSPS) is 20.1. The Labute approximate surface area is 206 Å². The zero-order valence-corrected chi connectivity index (χ0v) is 20.5. The average molecular weight is 481 g/mol. The van der Waals surface area contributed by atoms with Gasteiger partial charge in [0.05, 0.1) is 6.54 Å². The lowest BCUT2D eigenvalue weighted by molar-refractivity contribution is -0.138. The van der Waals surface area contributed by atoms with Crippen molar-refractivity contribution in [2.75, 3.05) is 23.8 Å². The number of anilines is 2. The molecular weight excluding hydrogens is 444 g/mol. The van der Waals surface area contributed by atoms with Crippen LogP contribution in [0.4, 0.5) is 11.5 Å². The molecule has 1 aliphatic heterocycles. The number of aromatic nitrogens is 2. The van der Waals surface area contributed by atoms with E-state index in [4.69, 9.17) is 15.6 Å². The smallest absolute Gasteiger partial charge is 0.303 e. The Hall–Kier alpha value is -3.16. The van der Waals surface area contributed by atoms with Crippen LogP contribution in [0.2, 0.25) is 0 Å². The second kappa shape index (κ2) is 11.5. The van der Waals surface area contributed by atoms with Crippen molar-refractivity contribution in [1.29, 1.82) is 0 Å². The molecule has 1 aromatic heterocycles. The topological polar surface area (TPSA) is 119 Å². The summed E-state index contributed by atoms with van der Waals surface area (Å²) in [5, 5.41) is 9.03. The molecular formula is C27H36N4O4. The van der Waals surface area contributed by atoms with Crippen LogP contribution in [0.25, 0.3) is 0 Å². The van der Waals surface area contributed by atoms with Crippen molar-refractivity contribution >= 4 is 23.4 Å². The number of hydrogen-bond donors (Lipinski definition) is 2. The van der Waals surface area contributed by atoms with Crippen LogP contribution >= 0.6 is 0 Å². The quantitative estimate of drug-likeness (QED) is 0.486. The summed E-state index contributed by atoms with van der Waals surface area (Å²) >= 11 is 0. The van der Waals surface area contributed by atoms with Gasteiger partial charge in [-0.3, -0.25) is 9.59 Å². The van der Waals surface area contributed by atoms with Gasteiger partial charge in [-0.05, 0) is 61.6 Å². The SMILES string of the molecule is CCCCCCc1nc(N)c2c(n1)OCCN(c1ccc([C@H]3CC[C@H](CC(=O)O)CC3)cc1)C2=O. The first-order chi connectivity index (χ1) is 17.0. The van der Waals surface area contributed by atoms with E-state index in [1.54, 1.807) is 4.90 Å². The van der Waals surface area contributed by atoms with Gasteiger partial charge in [0.15, 0.2) is 0 Å². The highest BCUT2D eigenvalue weighted by atomic mass is 16.5. The fourth-order valence-corrected chi connectivity index (χ4v) is 5.22. The molecule has 2 aromatic rings. The zero-order valence-electron chi connectivity index (χ0n) is 20.5. The van der Waals surface area contributed by atoms with Crippen LogP contribution in [0.3, 0.4) is 0 Å². The highest BCUT2D eigenvalue weighted by molar-refractivity contribution is 6.10. The maximum Gasteiger partial charge on any atom is 0.303 e. The molecule has 0 spiro atoms. The maximum atomic E-state index is 13.4. The van der Waals surface area contributed by atoms with Crippen LogP contribution in [0, 0.1) is 5.92 Å². The van der Waals surface area contributed by atoms with Crippen molar-refractivity contribution in [1.82, 2.24) is 9.97 Å². The van der Waals surface area contributed by atoms with Crippen molar-refractivity contribution in [3.63, 3.8) is 0 Å². The number of carboxylic acids is 1. The van der Waals surface area contributed by atoms with E-state index >= 15 is 0 Å². The summed E-state index contributed by atoms with van der Waals surface area (Å²) < 4.78 is 5.84. The number of nitrogens with zero attached hydrogens (tertiary/aromatic N) is 3. The largest absolute Gasteiger partial charge is 0.481 e. The standard InChI is InChI=1S/C27H36N4O4/c1-2-3-4-5-6-22-29-25(28)24-26(30-22)35-16-15-31(27(24)34)21-13-11-20(12-14-21)19-9-7-18(8-10-19)17-23(32)33/h11-14,18-19H,2-10,15-17H2,1H3,(H,32,33)(H2,28,29,30)/t18-,19-. The number of fused-ring (bicyclic) bond motifs is 1. The Kier molecular flexibility index (Phi) is 8.21. The van der Waals surface area contributed by atoms with Crippen molar-refractivity contribution < 1.29 is 19.4 Å². The third-order valence-corrected chi connectivity index (χ3v) is 7.20. The molecule has 35 heavy (non-hydrogen) atoms. The monoisotopic (exact) mass is 480 g/mol. The number of benzene rings is 1. The first-order valence-corrected chi connectivity index (χ1v) is 12.9. The number of unbranched alkanes of at least 4 members (excludes halogenated alkanes) is 3. The van der Waals surface area contributed by atoms with Gasteiger partial charge in [-0.25, -0.2) is 4.98 Å². The molecule has 0 atom stereocenters. The molecule has 3 N–H and O–H groups in total. The Bertz CT molecular complexity index is 1030. The lowest BCUT2D eigenvalue weighted by Gasteiger charge is -2.28. The third-order valence-electron chi connectivity index (χ3n) is 7.20. The Morgan fingerprint density at radius 2 is 1.86 bits per heavy atom. The Morgan fingerprint density at radius 1 is 1.11 bits per heavy atom. The van der Waals surface area contributed by atoms with Gasteiger partial charge in [0.1, 0.15) is 23.8 Å². The number of aryl methyl sites for hydroxylation is 1. The van der Waals surface area contributed by atoms with Gasteiger partial charge in [-0.1, -0.05) is 38.3 Å². The minimum Gasteiger partial charge on any atom is -0.481 e. The molecule has 4 rings (SSSR count). The fraction of sp³-hybridized carbons (Fsp3) is 0.556. The predicted octanol–water partition coefficient (Wildman–Crippen LogP) is 4.97. The molecule has 1 aliphatic carbocycles. The molecule has 0 radical (unpaired) electrons. The number of carbonyl (C=O) groups excluding carboxylic acids is 1. The zero-order chi connectivity index (χ0) is 24.8. The van der Waals surface area contributed by atoms with Crippen molar-refractivity contribution in [3.05, 3.63) is 41.2 Å². The Balaban J connectivity index is 1.44. The van der Waals surface area contributed by atoms with Gasteiger partial charge in [0.25, 0.3) is 5.91 Å². The van der Waals surface area contributed by atoms with E-state index in [0.29, 0.717) is 24.9 Å². The van der Waals surface area contributed by atoms with Gasteiger partial charge in [-0.2, -0.15) is 4.98 Å². The first kappa shape index (κ1) is 24.9. The van der Waals surface area contributed by atoms with Gasteiger partial charge in [-0.15, -0.1) is 0 Å². The van der Waals surface area contributed by atoms with E-state index in [0.717, 1.165) is 57.1 Å². The van der Waals surface area contributed by atoms with E-state index in [9.17, 15) is 9.59 Å². The lowest BCUT2D eigenvalue weighted by Crippen LogP contribution is -2.32. The average Bonchev–Trinajstić information content (AvgIpc) is 3.01. The molecule has 0 bridgehead atoms. The van der Waals surface area contributed by atoms with E-state index in [-0.39, 0.29) is 35.5 Å². The highest BCUT2D eigenvalue weighted by Crippen LogP contribution is 2.38. The number of ether oxygens (including phenoxy) is 1. The number of amides is 1. The molecule has 1 saturated carbocycles. The molecule has 188 valence electrons. The summed E-state index contributed by atoms with van der Waals surface area (Å²) in [7, 11) is 0. The summed E-state index contributed by atoms with van der Waals surface area (Å²) in [4.78, 5) is 35.0. The number of hydrogen-bond acceptors (Lipinski definition) is 6. The second-order valence-electron chi connectivity index (χ2n) is 9.73. The summed E-state index contributed by atoms with van der Waals surface area (Å²) in [6, 6.07) is 8.11. The summed E-state index contributed by atoms with van der Waals surface area (Å²) in [5.41, 5.74) is 8.48. The molecule has 8 nitrogen and oxygen atoms in total. The van der Waals surface area contributed by atoms with Gasteiger partial charge >= 0.3 is 5.97 Å². The fourth-order valence-electron chi connectivity index (χ4n) is 5.22. The summed E-state index contributed by atoms with van der Waals surface area (Å²) in [5.74, 6) is 0.840. The van der Waals surface area contributed by atoms with Crippen molar-refractivity contribution in [3.8, 4) is 5.88 Å². The van der Waals surface area contributed by atoms with Crippen LogP contribution in [0.1, 0.15) is 92.4 Å². The second-order valence-corrected chi connectivity index (χ2v) is 9.73. The molecule has 2 aliphatic rings. The van der Waals surface area contributed by atoms with Crippen LogP contribution in [-0.4, -0.2) is 40.1 Å². The lowest BCUT2D eigenvalue weighted by atomic mass is 9.77. The number of nitrogen functional groups attached to an aromatic ring is 1. The molecule has 0 saturated heterocycles. The van der Waals surface area contributed by atoms with E-state index in [1.165, 1.54) is 12.0 Å². The van der Waals surface area contributed by atoms with Crippen molar-refractivity contribution in [2.24, 2.45) is 5.92 Å². The first-order valence-electron chi connectivity index (χ1n) is 12.9. The van der Waals surface area contributed by atoms with Crippen LogP contribution in [0.15, 0.2) is 24.3 Å². The van der Waals surface area contributed by atoms with E-state index in [1.807, 2.05) is 12.1 Å². The molecule has 2 heterocycles. The number of carboxylic acid groups (broad SMARTS) is 1. The van der Waals surface area contributed by atoms with Gasteiger partial charge in [0.2, 0.25) is 5.88 Å². The third kappa shape index (κ3) is 6.10. The number of rotatable bonds is 9. The predicted molar refractivity (Wildman–Crippen MR) is 135 cm³/mol. The molecule has 0 unspecified atom stereocenters. The van der Waals surface area contributed by atoms with Gasteiger partial charge < -0.3 is 20.5 Å². The van der Waals surface area contributed by atoms with E-state index in [2.05, 4.69) is 29.0 Å². The number of nitrogens with two attached hydrogens (primary N) is 1. The van der Waals surface area contributed by atoms with Crippen LogP contribution < -0.4 is 15.4 Å². The number of aliphatic carboxylic acids is 1.